The molecule has 1 heterocycles. The van der Waals surface area contributed by atoms with Gasteiger partial charge in [0.1, 0.15) is 17.1 Å². The van der Waals surface area contributed by atoms with E-state index in [4.69, 9.17) is 15.6 Å². The van der Waals surface area contributed by atoms with Crippen LogP contribution in [-0.2, 0) is 10.3 Å². The van der Waals surface area contributed by atoms with E-state index in [9.17, 15) is 4.79 Å². The minimum atomic E-state index is -1.55. The monoisotopic (exact) mass is 235 g/mol. The van der Waals surface area contributed by atoms with Gasteiger partial charge >= 0.3 is 5.97 Å². The first-order valence-electron chi connectivity index (χ1n) is 5.02. The lowest BCUT2D eigenvalue weighted by Crippen LogP contribution is -2.42. The highest BCUT2D eigenvalue weighted by atomic mass is 16.5. The second-order valence-corrected chi connectivity index (χ2v) is 3.95. The third-order valence-electron chi connectivity index (χ3n) is 2.63. The fourth-order valence-electron chi connectivity index (χ4n) is 1.52. The summed E-state index contributed by atoms with van der Waals surface area (Å²) in [6, 6.07) is 5.33. The van der Waals surface area contributed by atoms with Crippen LogP contribution in [0.15, 0.2) is 18.2 Å². The first-order chi connectivity index (χ1) is 7.96. The molecule has 6 nitrogen and oxygen atoms in total. The molecule has 0 spiro atoms. The lowest BCUT2D eigenvalue weighted by atomic mass is 10.0. The number of carbonyl (C=O) groups is 1. The summed E-state index contributed by atoms with van der Waals surface area (Å²) in [5.41, 5.74) is 5.41. The van der Waals surface area contributed by atoms with Crippen LogP contribution in [-0.4, -0.2) is 28.2 Å². The molecule has 2 aromatic rings. The van der Waals surface area contributed by atoms with E-state index in [0.717, 1.165) is 0 Å². The van der Waals surface area contributed by atoms with E-state index in [1.54, 1.807) is 18.2 Å². The molecule has 6 heteroatoms. The third-order valence-corrected chi connectivity index (χ3v) is 2.63. The highest BCUT2D eigenvalue weighted by molar-refractivity contribution is 5.85. The van der Waals surface area contributed by atoms with Crippen LogP contribution in [0.25, 0.3) is 11.0 Å². The Kier molecular flexibility index (Phi) is 2.51. The van der Waals surface area contributed by atoms with Crippen molar-refractivity contribution >= 4 is 17.0 Å². The summed E-state index contributed by atoms with van der Waals surface area (Å²) in [6.45, 7) is 1.39. The van der Waals surface area contributed by atoms with E-state index in [1.165, 1.54) is 14.0 Å². The van der Waals surface area contributed by atoms with Crippen molar-refractivity contribution in [2.45, 2.75) is 12.5 Å². The molecule has 0 saturated carbocycles. The smallest absolute Gasteiger partial charge is 0.331 e. The maximum atomic E-state index is 11.0. The number of benzene rings is 1. The molecule has 17 heavy (non-hydrogen) atoms. The van der Waals surface area contributed by atoms with E-state index in [0.29, 0.717) is 16.8 Å². The van der Waals surface area contributed by atoms with Gasteiger partial charge in [-0.05, 0) is 19.1 Å². The van der Waals surface area contributed by atoms with Crippen LogP contribution < -0.4 is 10.5 Å². The zero-order chi connectivity index (χ0) is 12.6. The van der Waals surface area contributed by atoms with Crippen LogP contribution in [0.2, 0.25) is 0 Å². The van der Waals surface area contributed by atoms with E-state index < -0.39 is 11.5 Å². The number of carboxylic acids is 1. The number of hydrogen-bond donors (Lipinski definition) is 3. The van der Waals surface area contributed by atoms with Gasteiger partial charge in [-0.3, -0.25) is 0 Å². The van der Waals surface area contributed by atoms with Gasteiger partial charge in [0.25, 0.3) is 0 Å². The molecule has 0 aliphatic heterocycles. The highest BCUT2D eigenvalue weighted by Gasteiger charge is 2.34. The molecule has 0 radical (unpaired) electrons. The number of nitrogens with one attached hydrogen (secondary N) is 1. The lowest BCUT2D eigenvalue weighted by Gasteiger charge is -2.15. The topological polar surface area (TPSA) is 101 Å². The minimum absolute atomic E-state index is 0.199. The summed E-state index contributed by atoms with van der Waals surface area (Å²) in [4.78, 5) is 18.1. The van der Waals surface area contributed by atoms with Crippen LogP contribution in [0.5, 0.6) is 5.75 Å². The Bertz CT molecular complexity index is 574. The SMILES string of the molecule is COc1cccc2[nH]c([C@@](C)(N)C(=O)O)nc12. The van der Waals surface area contributed by atoms with Crippen molar-refractivity contribution in [3.8, 4) is 5.75 Å². The number of aliphatic carboxylic acids is 1. The van der Waals surface area contributed by atoms with Crippen molar-refractivity contribution in [1.82, 2.24) is 9.97 Å². The summed E-state index contributed by atoms with van der Waals surface area (Å²) >= 11 is 0. The van der Waals surface area contributed by atoms with Gasteiger partial charge < -0.3 is 20.6 Å². The summed E-state index contributed by atoms with van der Waals surface area (Å²) in [7, 11) is 1.53. The standard InChI is InChI=1S/C11H13N3O3/c1-11(12,10(15)16)9-13-6-4-3-5-7(17-2)8(6)14-9/h3-5H,12H2,1-2H3,(H,13,14)(H,15,16)/t11-/m1/s1. The van der Waals surface area contributed by atoms with E-state index in [1.807, 2.05) is 0 Å². The maximum Gasteiger partial charge on any atom is 0.331 e. The number of fused-ring (bicyclic) bond motifs is 1. The van der Waals surface area contributed by atoms with E-state index in [-0.39, 0.29) is 5.82 Å². The van der Waals surface area contributed by atoms with Crippen molar-refractivity contribution in [2.75, 3.05) is 7.11 Å². The predicted octanol–water partition coefficient (Wildman–Crippen LogP) is 0.830. The van der Waals surface area contributed by atoms with Crippen LogP contribution >= 0.6 is 0 Å². The lowest BCUT2D eigenvalue weighted by molar-refractivity contribution is -0.143. The summed E-state index contributed by atoms with van der Waals surface area (Å²) in [5.74, 6) is -0.369. The van der Waals surface area contributed by atoms with Crippen LogP contribution in [0.4, 0.5) is 0 Å². The second-order valence-electron chi connectivity index (χ2n) is 3.95. The Labute approximate surface area is 97.4 Å². The normalized spacial score (nSPS) is 14.5. The van der Waals surface area contributed by atoms with E-state index >= 15 is 0 Å². The minimum Gasteiger partial charge on any atom is -0.494 e. The number of para-hydroxylation sites is 1. The Morgan fingerprint density at radius 1 is 1.59 bits per heavy atom. The Morgan fingerprint density at radius 2 is 2.29 bits per heavy atom. The predicted molar refractivity (Wildman–Crippen MR) is 61.8 cm³/mol. The van der Waals surface area contributed by atoms with Gasteiger partial charge in [-0.25, -0.2) is 9.78 Å². The van der Waals surface area contributed by atoms with Crippen molar-refractivity contribution < 1.29 is 14.6 Å². The Hall–Kier alpha value is -2.08. The van der Waals surface area contributed by atoms with Crippen LogP contribution in [0.1, 0.15) is 12.7 Å². The zero-order valence-electron chi connectivity index (χ0n) is 9.52. The number of ether oxygens (including phenoxy) is 1. The number of aromatic nitrogens is 2. The number of rotatable bonds is 3. The van der Waals surface area contributed by atoms with Gasteiger partial charge in [0.15, 0.2) is 5.54 Å². The number of aromatic amines is 1. The number of H-pyrrole nitrogens is 1. The first kappa shape index (κ1) is 11.4. The molecule has 1 aromatic heterocycles. The number of hydrogen-bond acceptors (Lipinski definition) is 4. The van der Waals surface area contributed by atoms with Crippen LogP contribution in [0, 0.1) is 0 Å². The van der Waals surface area contributed by atoms with Crippen molar-refractivity contribution in [2.24, 2.45) is 5.73 Å². The van der Waals surface area contributed by atoms with Crippen LogP contribution in [0.3, 0.4) is 0 Å². The van der Waals surface area contributed by atoms with Crippen molar-refractivity contribution in [3.63, 3.8) is 0 Å². The molecule has 0 unspecified atom stereocenters. The number of carboxylic acid groups (broad SMARTS) is 1. The molecule has 1 aromatic carbocycles. The molecule has 4 N–H and O–H groups in total. The Morgan fingerprint density at radius 3 is 2.88 bits per heavy atom. The number of nitrogens with zero attached hydrogens (tertiary/aromatic N) is 1. The fourth-order valence-corrected chi connectivity index (χ4v) is 1.52. The number of methoxy groups -OCH3 is 1. The molecular weight excluding hydrogens is 222 g/mol. The van der Waals surface area contributed by atoms with Gasteiger partial charge in [0.05, 0.1) is 12.6 Å². The fraction of sp³-hybridized carbons (Fsp3) is 0.273. The zero-order valence-corrected chi connectivity index (χ0v) is 9.52. The molecule has 2 rings (SSSR count). The molecule has 0 aliphatic rings. The van der Waals surface area contributed by atoms with Crippen molar-refractivity contribution in [1.29, 1.82) is 0 Å². The highest BCUT2D eigenvalue weighted by Crippen LogP contribution is 2.26. The largest absolute Gasteiger partial charge is 0.494 e. The number of imidazole rings is 1. The van der Waals surface area contributed by atoms with Gasteiger partial charge in [0.2, 0.25) is 0 Å². The molecule has 0 saturated heterocycles. The maximum absolute atomic E-state index is 11.0. The van der Waals surface area contributed by atoms with Crippen molar-refractivity contribution in [3.05, 3.63) is 24.0 Å². The average Bonchev–Trinajstić information content (AvgIpc) is 2.72. The number of nitrogens with two attached hydrogens (primary N) is 1. The summed E-state index contributed by atoms with van der Waals surface area (Å²) in [6.07, 6.45) is 0. The van der Waals surface area contributed by atoms with E-state index in [2.05, 4.69) is 9.97 Å². The molecule has 90 valence electrons. The summed E-state index contributed by atoms with van der Waals surface area (Å²) < 4.78 is 5.14. The second kappa shape index (κ2) is 3.74. The molecular formula is C11H13N3O3. The molecule has 0 bridgehead atoms. The molecule has 0 aliphatic carbocycles. The van der Waals surface area contributed by atoms with Gasteiger partial charge in [0, 0.05) is 0 Å². The van der Waals surface area contributed by atoms with Gasteiger partial charge in [-0.2, -0.15) is 0 Å². The van der Waals surface area contributed by atoms with Gasteiger partial charge in [-0.1, -0.05) is 6.07 Å². The third kappa shape index (κ3) is 1.72. The summed E-state index contributed by atoms with van der Waals surface area (Å²) in [5, 5.41) is 9.03. The molecule has 1 atom stereocenters. The average molecular weight is 235 g/mol. The quantitative estimate of drug-likeness (QED) is 0.731. The first-order valence-corrected chi connectivity index (χ1v) is 5.02. The Balaban J connectivity index is 2.63. The van der Waals surface area contributed by atoms with Gasteiger partial charge in [-0.15, -0.1) is 0 Å². The molecule has 0 amide bonds. The molecule has 0 fully saturated rings.